The molecule has 0 aliphatic rings. The quantitative estimate of drug-likeness (QED) is 0.551. The number of nitrogens with zero attached hydrogens (tertiary/aromatic N) is 1. The topological polar surface area (TPSA) is 3.24 Å². The van der Waals surface area contributed by atoms with Gasteiger partial charge in [0.05, 0.1) is 0 Å². The summed E-state index contributed by atoms with van der Waals surface area (Å²) in [5.41, 5.74) is 1.30. The number of hydrogen-bond donors (Lipinski definition) is 0. The van der Waals surface area contributed by atoms with E-state index in [1.54, 1.807) is 0 Å². The standard InChI is InChI=1S/C16H33N/c1-13(2)8-9-16(6)17(7)11-10-15(5)12-14(3)4/h13-15H,6,8-12H2,1-5,7H3. The van der Waals surface area contributed by atoms with Gasteiger partial charge in [0.15, 0.2) is 0 Å². The predicted octanol–water partition coefficient (Wildman–Crippen LogP) is 4.94. The summed E-state index contributed by atoms with van der Waals surface area (Å²) in [7, 11) is 2.19. The first-order valence-electron chi connectivity index (χ1n) is 7.21. The van der Waals surface area contributed by atoms with Crippen molar-refractivity contribution in [3.63, 3.8) is 0 Å². The number of allylic oxidation sites excluding steroid dienone is 1. The van der Waals surface area contributed by atoms with E-state index in [9.17, 15) is 0 Å². The second-order valence-corrected chi connectivity index (χ2v) is 6.44. The first-order valence-corrected chi connectivity index (χ1v) is 7.21. The molecule has 0 amide bonds. The molecule has 0 spiro atoms. The van der Waals surface area contributed by atoms with Crippen LogP contribution in [-0.2, 0) is 0 Å². The maximum absolute atomic E-state index is 4.19. The smallest absolute Gasteiger partial charge is 0.0174 e. The minimum Gasteiger partial charge on any atom is -0.378 e. The minimum atomic E-state index is 0.778. The van der Waals surface area contributed by atoms with Crippen molar-refractivity contribution in [1.82, 2.24) is 4.90 Å². The molecule has 0 saturated carbocycles. The molecule has 1 atom stereocenters. The van der Waals surface area contributed by atoms with Gasteiger partial charge in [-0.15, -0.1) is 0 Å². The summed E-state index contributed by atoms with van der Waals surface area (Å²) in [4.78, 5) is 2.35. The molecule has 0 radical (unpaired) electrons. The van der Waals surface area contributed by atoms with Gasteiger partial charge in [-0.25, -0.2) is 0 Å². The van der Waals surface area contributed by atoms with E-state index in [1.165, 1.54) is 25.0 Å². The van der Waals surface area contributed by atoms with Crippen LogP contribution in [0, 0.1) is 17.8 Å². The summed E-state index contributed by atoms with van der Waals surface area (Å²) in [5.74, 6) is 2.43. The SMILES string of the molecule is C=C(CCC(C)C)N(C)CCC(C)CC(C)C. The van der Waals surface area contributed by atoms with Gasteiger partial charge in [0.2, 0.25) is 0 Å². The van der Waals surface area contributed by atoms with Gasteiger partial charge in [-0.2, -0.15) is 0 Å². The van der Waals surface area contributed by atoms with E-state index < -0.39 is 0 Å². The van der Waals surface area contributed by atoms with Gasteiger partial charge in [-0.05, 0) is 43.4 Å². The van der Waals surface area contributed by atoms with Crippen molar-refractivity contribution in [2.45, 2.75) is 60.3 Å². The van der Waals surface area contributed by atoms with Crippen molar-refractivity contribution < 1.29 is 0 Å². The molecular formula is C16H33N. The molecule has 0 rings (SSSR count). The largest absolute Gasteiger partial charge is 0.378 e. The molecule has 0 bridgehead atoms. The van der Waals surface area contributed by atoms with Crippen LogP contribution in [0.2, 0.25) is 0 Å². The molecule has 0 N–H and O–H groups in total. The molecule has 1 nitrogen and oxygen atoms in total. The second kappa shape index (κ2) is 8.60. The van der Waals surface area contributed by atoms with Crippen molar-refractivity contribution in [1.29, 1.82) is 0 Å². The highest BCUT2D eigenvalue weighted by molar-refractivity contribution is 4.92. The monoisotopic (exact) mass is 239 g/mol. The minimum absolute atomic E-state index is 0.778. The normalized spacial score (nSPS) is 13.2. The molecule has 0 fully saturated rings. The van der Waals surface area contributed by atoms with Gasteiger partial charge in [0.25, 0.3) is 0 Å². The molecule has 0 aromatic rings. The second-order valence-electron chi connectivity index (χ2n) is 6.44. The average Bonchev–Trinajstić information content (AvgIpc) is 2.21. The Morgan fingerprint density at radius 3 is 2.06 bits per heavy atom. The first-order chi connectivity index (χ1) is 7.82. The average molecular weight is 239 g/mol. The van der Waals surface area contributed by atoms with Crippen LogP contribution in [0.25, 0.3) is 0 Å². The van der Waals surface area contributed by atoms with E-state index in [4.69, 9.17) is 0 Å². The van der Waals surface area contributed by atoms with Crippen LogP contribution >= 0.6 is 0 Å². The van der Waals surface area contributed by atoms with E-state index in [2.05, 4.69) is 53.1 Å². The van der Waals surface area contributed by atoms with Crippen molar-refractivity contribution >= 4 is 0 Å². The summed E-state index contributed by atoms with van der Waals surface area (Å²) < 4.78 is 0. The third kappa shape index (κ3) is 9.26. The Bertz CT molecular complexity index is 206. The van der Waals surface area contributed by atoms with Gasteiger partial charge in [0, 0.05) is 19.3 Å². The molecule has 1 unspecified atom stereocenters. The maximum Gasteiger partial charge on any atom is 0.0174 e. The fraction of sp³-hybridized carbons (Fsp3) is 0.875. The molecule has 0 saturated heterocycles. The number of hydrogen-bond acceptors (Lipinski definition) is 1. The molecule has 0 heterocycles. The van der Waals surface area contributed by atoms with Gasteiger partial charge >= 0.3 is 0 Å². The van der Waals surface area contributed by atoms with E-state index in [1.807, 2.05) is 0 Å². The van der Waals surface area contributed by atoms with Crippen LogP contribution < -0.4 is 0 Å². The molecule has 0 aromatic carbocycles. The fourth-order valence-corrected chi connectivity index (χ4v) is 2.14. The van der Waals surface area contributed by atoms with E-state index >= 15 is 0 Å². The van der Waals surface area contributed by atoms with Crippen LogP contribution in [-0.4, -0.2) is 18.5 Å². The Hall–Kier alpha value is -0.460. The van der Waals surface area contributed by atoms with Crippen molar-refractivity contribution in [2.75, 3.05) is 13.6 Å². The zero-order valence-corrected chi connectivity index (χ0v) is 12.9. The lowest BCUT2D eigenvalue weighted by Crippen LogP contribution is -2.20. The Kier molecular flexibility index (Phi) is 8.37. The van der Waals surface area contributed by atoms with Crippen molar-refractivity contribution in [2.24, 2.45) is 17.8 Å². The van der Waals surface area contributed by atoms with Crippen molar-refractivity contribution in [3.05, 3.63) is 12.3 Å². The van der Waals surface area contributed by atoms with Crippen molar-refractivity contribution in [3.8, 4) is 0 Å². The molecule has 17 heavy (non-hydrogen) atoms. The zero-order chi connectivity index (χ0) is 13.4. The lowest BCUT2D eigenvalue weighted by atomic mass is 9.96. The predicted molar refractivity (Wildman–Crippen MR) is 79.1 cm³/mol. The van der Waals surface area contributed by atoms with E-state index in [-0.39, 0.29) is 0 Å². The highest BCUT2D eigenvalue weighted by Crippen LogP contribution is 2.17. The van der Waals surface area contributed by atoms with Crippen LogP contribution in [0.15, 0.2) is 12.3 Å². The molecule has 0 aromatic heterocycles. The summed E-state index contributed by atoms with van der Waals surface area (Å²) in [5, 5.41) is 0. The summed E-state index contributed by atoms with van der Waals surface area (Å²) >= 11 is 0. The molecule has 102 valence electrons. The Morgan fingerprint density at radius 1 is 1.00 bits per heavy atom. The maximum atomic E-state index is 4.19. The summed E-state index contributed by atoms with van der Waals surface area (Å²) in [6, 6.07) is 0. The third-order valence-corrected chi connectivity index (χ3v) is 3.38. The Balaban J connectivity index is 3.77. The highest BCUT2D eigenvalue weighted by atomic mass is 15.1. The van der Waals surface area contributed by atoms with E-state index in [0.29, 0.717) is 0 Å². The van der Waals surface area contributed by atoms with Crippen LogP contribution in [0.4, 0.5) is 0 Å². The molecule has 1 heteroatoms. The van der Waals surface area contributed by atoms with Crippen LogP contribution in [0.1, 0.15) is 60.3 Å². The van der Waals surface area contributed by atoms with E-state index in [0.717, 1.165) is 30.7 Å². The lowest BCUT2D eigenvalue weighted by molar-refractivity contribution is 0.327. The van der Waals surface area contributed by atoms with Gasteiger partial charge in [-0.3, -0.25) is 0 Å². The van der Waals surface area contributed by atoms with Gasteiger partial charge in [0.1, 0.15) is 0 Å². The fourth-order valence-electron chi connectivity index (χ4n) is 2.14. The van der Waals surface area contributed by atoms with Crippen LogP contribution in [0.5, 0.6) is 0 Å². The molecule has 0 aliphatic carbocycles. The Labute approximate surface area is 109 Å². The third-order valence-electron chi connectivity index (χ3n) is 3.38. The molecular weight excluding hydrogens is 206 g/mol. The lowest BCUT2D eigenvalue weighted by Gasteiger charge is -2.24. The summed E-state index contributed by atoms with van der Waals surface area (Å²) in [6.45, 7) is 16.9. The summed E-state index contributed by atoms with van der Waals surface area (Å²) in [6.07, 6.45) is 5.03. The van der Waals surface area contributed by atoms with Crippen LogP contribution in [0.3, 0.4) is 0 Å². The zero-order valence-electron chi connectivity index (χ0n) is 12.9. The molecule has 0 aliphatic heterocycles. The number of rotatable bonds is 9. The van der Waals surface area contributed by atoms with Gasteiger partial charge in [-0.1, -0.05) is 41.2 Å². The Morgan fingerprint density at radius 2 is 1.59 bits per heavy atom. The highest BCUT2D eigenvalue weighted by Gasteiger charge is 2.08. The van der Waals surface area contributed by atoms with Gasteiger partial charge < -0.3 is 4.90 Å². The first kappa shape index (κ1) is 16.5.